The van der Waals surface area contributed by atoms with Crippen LogP contribution in [0.4, 0.5) is 0 Å². The van der Waals surface area contributed by atoms with E-state index < -0.39 is 0 Å². The van der Waals surface area contributed by atoms with Crippen molar-refractivity contribution in [3.05, 3.63) is 0 Å². The highest BCUT2D eigenvalue weighted by Gasteiger charge is 2.56. The summed E-state index contributed by atoms with van der Waals surface area (Å²) in [7, 11) is 2.12. The van der Waals surface area contributed by atoms with Crippen LogP contribution in [0.2, 0.25) is 0 Å². The highest BCUT2D eigenvalue weighted by molar-refractivity contribution is 5.09. The smallest absolute Gasteiger partial charge is 0.0664 e. The van der Waals surface area contributed by atoms with Gasteiger partial charge in [-0.1, -0.05) is 45.4 Å². The van der Waals surface area contributed by atoms with E-state index in [1.807, 2.05) is 0 Å². The number of hydrogen-bond acceptors (Lipinski definition) is 2. The molecular formula is C17H33NO. The van der Waals surface area contributed by atoms with Gasteiger partial charge in [0.1, 0.15) is 0 Å². The van der Waals surface area contributed by atoms with Crippen LogP contribution in [0.5, 0.6) is 0 Å². The molecule has 3 unspecified atom stereocenters. The van der Waals surface area contributed by atoms with Crippen LogP contribution in [0, 0.1) is 5.41 Å². The molecule has 2 aliphatic carbocycles. The fourth-order valence-electron chi connectivity index (χ4n) is 4.25. The number of rotatable bonds is 8. The van der Waals surface area contributed by atoms with Crippen LogP contribution < -0.4 is 5.32 Å². The molecule has 19 heavy (non-hydrogen) atoms. The topological polar surface area (TPSA) is 21.3 Å². The van der Waals surface area contributed by atoms with Crippen molar-refractivity contribution in [1.29, 1.82) is 0 Å². The molecular weight excluding hydrogens is 234 g/mol. The molecule has 0 saturated heterocycles. The third kappa shape index (κ3) is 3.33. The molecule has 2 fully saturated rings. The molecule has 1 spiro atoms. The summed E-state index contributed by atoms with van der Waals surface area (Å²) in [6.07, 6.45) is 14.5. The van der Waals surface area contributed by atoms with Gasteiger partial charge in [-0.15, -0.1) is 0 Å². The minimum atomic E-state index is 0.456. The van der Waals surface area contributed by atoms with Crippen molar-refractivity contribution in [3.8, 4) is 0 Å². The lowest BCUT2D eigenvalue weighted by atomic mass is 9.60. The Morgan fingerprint density at radius 1 is 1.21 bits per heavy atom. The second-order valence-corrected chi connectivity index (χ2v) is 6.80. The van der Waals surface area contributed by atoms with Crippen molar-refractivity contribution in [2.24, 2.45) is 5.41 Å². The van der Waals surface area contributed by atoms with Gasteiger partial charge in [0.05, 0.1) is 12.2 Å². The largest absolute Gasteiger partial charge is 0.375 e. The Kier molecular flexibility index (Phi) is 5.70. The van der Waals surface area contributed by atoms with Crippen molar-refractivity contribution >= 4 is 0 Å². The van der Waals surface area contributed by atoms with Gasteiger partial charge in [-0.3, -0.25) is 0 Å². The fraction of sp³-hybridized carbons (Fsp3) is 1.00. The average molecular weight is 267 g/mol. The van der Waals surface area contributed by atoms with E-state index in [0.717, 1.165) is 0 Å². The van der Waals surface area contributed by atoms with E-state index in [1.54, 1.807) is 0 Å². The van der Waals surface area contributed by atoms with E-state index in [2.05, 4.69) is 26.2 Å². The van der Waals surface area contributed by atoms with E-state index >= 15 is 0 Å². The summed E-state index contributed by atoms with van der Waals surface area (Å²) in [6.45, 7) is 4.55. The summed E-state index contributed by atoms with van der Waals surface area (Å²) in [5.74, 6) is 0. The fourth-order valence-corrected chi connectivity index (χ4v) is 4.25. The molecule has 0 radical (unpaired) electrons. The zero-order valence-corrected chi connectivity index (χ0v) is 13.2. The maximum Gasteiger partial charge on any atom is 0.0664 e. The Bertz CT molecular complexity index is 260. The van der Waals surface area contributed by atoms with Gasteiger partial charge < -0.3 is 10.1 Å². The highest BCUT2D eigenvalue weighted by Crippen LogP contribution is 2.54. The van der Waals surface area contributed by atoms with Gasteiger partial charge in [0, 0.05) is 11.5 Å². The van der Waals surface area contributed by atoms with E-state index in [0.29, 0.717) is 23.7 Å². The molecule has 1 N–H and O–H groups in total. The minimum Gasteiger partial charge on any atom is -0.375 e. The van der Waals surface area contributed by atoms with Crippen molar-refractivity contribution in [2.75, 3.05) is 7.05 Å². The second kappa shape index (κ2) is 7.08. The summed E-state index contributed by atoms with van der Waals surface area (Å²) in [6, 6.07) is 0.715. The molecule has 0 aromatic rings. The predicted octanol–water partition coefficient (Wildman–Crippen LogP) is 4.28. The molecule has 2 heteroatoms. The lowest BCUT2D eigenvalue weighted by Crippen LogP contribution is -2.62. The molecule has 2 aliphatic rings. The van der Waals surface area contributed by atoms with Crippen molar-refractivity contribution < 1.29 is 4.74 Å². The number of nitrogens with one attached hydrogen (secondary N) is 1. The molecule has 112 valence electrons. The lowest BCUT2D eigenvalue weighted by Gasteiger charge is -2.54. The molecule has 0 aliphatic heterocycles. The van der Waals surface area contributed by atoms with Crippen LogP contribution in [-0.4, -0.2) is 25.3 Å². The van der Waals surface area contributed by atoms with Gasteiger partial charge in [-0.2, -0.15) is 0 Å². The Balaban J connectivity index is 1.73. The first-order valence-electron chi connectivity index (χ1n) is 8.55. The quantitative estimate of drug-likeness (QED) is 0.663. The second-order valence-electron chi connectivity index (χ2n) is 6.80. The molecule has 0 amide bonds. The van der Waals surface area contributed by atoms with Crippen LogP contribution in [0.3, 0.4) is 0 Å². The molecule has 0 aromatic carbocycles. The van der Waals surface area contributed by atoms with E-state index in [-0.39, 0.29) is 0 Å². The van der Waals surface area contributed by atoms with Gasteiger partial charge in [0.15, 0.2) is 0 Å². The first kappa shape index (κ1) is 15.3. The SMILES string of the molecule is CCCCCCC(C)OC1CC(NC)C12CCCC2. The van der Waals surface area contributed by atoms with E-state index in [9.17, 15) is 0 Å². The zero-order chi connectivity index (χ0) is 13.7. The highest BCUT2D eigenvalue weighted by atomic mass is 16.5. The first-order chi connectivity index (χ1) is 9.23. The Morgan fingerprint density at radius 2 is 1.95 bits per heavy atom. The van der Waals surface area contributed by atoms with Crippen LogP contribution in [0.25, 0.3) is 0 Å². The van der Waals surface area contributed by atoms with Gasteiger partial charge in [-0.05, 0) is 39.7 Å². The first-order valence-corrected chi connectivity index (χ1v) is 8.55. The predicted molar refractivity (Wildman–Crippen MR) is 81.5 cm³/mol. The molecule has 2 nitrogen and oxygen atoms in total. The van der Waals surface area contributed by atoms with E-state index in [4.69, 9.17) is 4.74 Å². The number of hydrogen-bond donors (Lipinski definition) is 1. The van der Waals surface area contributed by atoms with E-state index in [1.165, 1.54) is 64.2 Å². The monoisotopic (exact) mass is 267 g/mol. The number of ether oxygens (including phenoxy) is 1. The summed E-state index contributed by atoms with van der Waals surface area (Å²) in [5.41, 5.74) is 0.492. The minimum absolute atomic E-state index is 0.456. The third-order valence-electron chi connectivity index (χ3n) is 5.53. The Labute approximate surface area is 119 Å². The molecule has 2 rings (SSSR count). The number of unbranched alkanes of at least 4 members (excludes halogenated alkanes) is 3. The average Bonchev–Trinajstić information content (AvgIpc) is 2.91. The van der Waals surface area contributed by atoms with Crippen LogP contribution in [-0.2, 0) is 4.74 Å². The standard InChI is InChI=1S/C17H33NO/c1-4-5-6-7-10-14(2)19-16-13-15(18-3)17(16)11-8-9-12-17/h14-16,18H,4-13H2,1-3H3. The van der Waals surface area contributed by atoms with Crippen LogP contribution in [0.15, 0.2) is 0 Å². The summed E-state index contributed by atoms with van der Waals surface area (Å²) >= 11 is 0. The van der Waals surface area contributed by atoms with Crippen molar-refractivity contribution in [1.82, 2.24) is 5.32 Å². The van der Waals surface area contributed by atoms with Crippen molar-refractivity contribution in [3.63, 3.8) is 0 Å². The third-order valence-corrected chi connectivity index (χ3v) is 5.53. The molecule has 0 bridgehead atoms. The zero-order valence-electron chi connectivity index (χ0n) is 13.2. The lowest BCUT2D eigenvalue weighted by molar-refractivity contribution is -0.156. The van der Waals surface area contributed by atoms with Gasteiger partial charge in [0.2, 0.25) is 0 Å². The molecule has 0 aromatic heterocycles. The van der Waals surface area contributed by atoms with Crippen LogP contribution >= 0.6 is 0 Å². The molecule has 3 atom stereocenters. The summed E-state index contributed by atoms with van der Waals surface area (Å²) < 4.78 is 6.40. The van der Waals surface area contributed by atoms with Gasteiger partial charge in [0.25, 0.3) is 0 Å². The summed E-state index contributed by atoms with van der Waals surface area (Å²) in [5, 5.41) is 3.52. The Morgan fingerprint density at radius 3 is 2.58 bits per heavy atom. The maximum atomic E-state index is 6.40. The van der Waals surface area contributed by atoms with Crippen molar-refractivity contribution in [2.45, 2.75) is 96.3 Å². The van der Waals surface area contributed by atoms with Gasteiger partial charge >= 0.3 is 0 Å². The normalized spacial score (nSPS) is 30.5. The Hall–Kier alpha value is -0.0800. The molecule has 2 saturated carbocycles. The molecule has 0 heterocycles. The summed E-state index contributed by atoms with van der Waals surface area (Å²) in [4.78, 5) is 0. The van der Waals surface area contributed by atoms with Crippen LogP contribution in [0.1, 0.15) is 78.1 Å². The van der Waals surface area contributed by atoms with Gasteiger partial charge in [-0.25, -0.2) is 0 Å². The maximum absolute atomic E-state index is 6.40.